The van der Waals surface area contributed by atoms with Gasteiger partial charge in [-0.1, -0.05) is 24.4 Å². The molecule has 19 heavy (non-hydrogen) atoms. The van der Waals surface area contributed by atoms with Crippen molar-refractivity contribution in [2.24, 2.45) is 0 Å². The number of nitrogens with zero attached hydrogens (tertiary/aromatic N) is 2. The minimum atomic E-state index is -0.218. The van der Waals surface area contributed by atoms with Crippen LogP contribution in [0.5, 0.6) is 0 Å². The lowest BCUT2D eigenvalue weighted by molar-refractivity contribution is 0.614. The van der Waals surface area contributed by atoms with Crippen molar-refractivity contribution in [3.05, 3.63) is 45.7 Å². The monoisotopic (exact) mass is 279 g/mol. The third-order valence-corrected chi connectivity index (χ3v) is 4.00. The average Bonchev–Trinajstić information content (AvgIpc) is 2.84. The van der Waals surface area contributed by atoms with E-state index in [1.54, 1.807) is 12.1 Å². The van der Waals surface area contributed by atoms with E-state index in [0.717, 1.165) is 21.7 Å². The molecule has 0 aliphatic heterocycles. The molecule has 1 heterocycles. The van der Waals surface area contributed by atoms with Gasteiger partial charge >= 0.3 is 0 Å². The predicted octanol–water partition coefficient (Wildman–Crippen LogP) is 3.42. The van der Waals surface area contributed by atoms with Gasteiger partial charge in [-0.25, -0.2) is 4.39 Å². The van der Waals surface area contributed by atoms with Crippen molar-refractivity contribution in [1.82, 2.24) is 14.9 Å². The molecular weight excluding hydrogens is 261 g/mol. The van der Waals surface area contributed by atoms with Crippen LogP contribution in [0.1, 0.15) is 47.5 Å². The standard InChI is InChI=1S/C14H18FN3S/c1-8(2)12-14(19-18-17-12)13(16-4)11-7-10(15)6-5-9(11)3/h5-8,13,16H,1-4H3. The molecule has 0 aliphatic carbocycles. The minimum absolute atomic E-state index is 0.0619. The maximum atomic E-state index is 13.5. The smallest absolute Gasteiger partial charge is 0.123 e. The molecule has 0 spiro atoms. The van der Waals surface area contributed by atoms with Gasteiger partial charge < -0.3 is 5.32 Å². The highest BCUT2D eigenvalue weighted by atomic mass is 32.1. The van der Waals surface area contributed by atoms with Gasteiger partial charge in [0.1, 0.15) is 5.82 Å². The van der Waals surface area contributed by atoms with E-state index < -0.39 is 0 Å². The molecule has 1 unspecified atom stereocenters. The molecule has 0 saturated carbocycles. The third-order valence-electron chi connectivity index (χ3n) is 3.19. The summed E-state index contributed by atoms with van der Waals surface area (Å²) >= 11 is 1.37. The molecule has 1 atom stereocenters. The van der Waals surface area contributed by atoms with Gasteiger partial charge in [-0.05, 0) is 54.7 Å². The molecule has 1 N–H and O–H groups in total. The minimum Gasteiger partial charge on any atom is -0.309 e. The molecule has 0 fully saturated rings. The number of aryl methyl sites for hydroxylation is 1. The van der Waals surface area contributed by atoms with Crippen LogP contribution in [-0.4, -0.2) is 16.6 Å². The van der Waals surface area contributed by atoms with Crippen molar-refractivity contribution in [1.29, 1.82) is 0 Å². The van der Waals surface area contributed by atoms with Crippen molar-refractivity contribution >= 4 is 11.5 Å². The van der Waals surface area contributed by atoms with E-state index in [1.165, 1.54) is 17.6 Å². The first-order valence-corrected chi connectivity index (χ1v) is 7.07. The van der Waals surface area contributed by atoms with E-state index in [9.17, 15) is 4.39 Å². The molecule has 0 amide bonds. The van der Waals surface area contributed by atoms with E-state index in [-0.39, 0.29) is 11.9 Å². The summed E-state index contributed by atoms with van der Waals surface area (Å²) in [6, 6.07) is 4.81. The topological polar surface area (TPSA) is 37.8 Å². The van der Waals surface area contributed by atoms with E-state index in [2.05, 4.69) is 28.8 Å². The zero-order chi connectivity index (χ0) is 14.0. The fraction of sp³-hybridized carbons (Fsp3) is 0.429. The van der Waals surface area contributed by atoms with E-state index >= 15 is 0 Å². The van der Waals surface area contributed by atoms with Crippen molar-refractivity contribution < 1.29 is 4.39 Å². The first kappa shape index (κ1) is 14.1. The maximum absolute atomic E-state index is 13.5. The highest BCUT2D eigenvalue weighted by molar-refractivity contribution is 7.05. The van der Waals surface area contributed by atoms with Crippen LogP contribution in [0.4, 0.5) is 4.39 Å². The Morgan fingerprint density at radius 1 is 1.32 bits per heavy atom. The Balaban J connectivity index is 2.50. The van der Waals surface area contributed by atoms with Crippen LogP contribution < -0.4 is 5.32 Å². The van der Waals surface area contributed by atoms with Gasteiger partial charge in [0.25, 0.3) is 0 Å². The molecule has 102 valence electrons. The molecule has 0 bridgehead atoms. The molecule has 1 aromatic heterocycles. The molecule has 2 aromatic rings. The van der Waals surface area contributed by atoms with Gasteiger partial charge in [0.2, 0.25) is 0 Å². The summed E-state index contributed by atoms with van der Waals surface area (Å²) in [6.07, 6.45) is 0. The van der Waals surface area contributed by atoms with Crippen LogP contribution in [0.2, 0.25) is 0 Å². The lowest BCUT2D eigenvalue weighted by atomic mass is 9.96. The van der Waals surface area contributed by atoms with Crippen LogP contribution in [0.25, 0.3) is 0 Å². The summed E-state index contributed by atoms with van der Waals surface area (Å²) in [7, 11) is 1.87. The summed E-state index contributed by atoms with van der Waals surface area (Å²) in [5.74, 6) is 0.0860. The van der Waals surface area contributed by atoms with Crippen LogP contribution in [-0.2, 0) is 0 Å². The number of halogens is 1. The Kier molecular flexibility index (Phi) is 4.27. The first-order chi connectivity index (χ1) is 9.04. The molecular formula is C14H18FN3S. The SMILES string of the molecule is CNC(c1cc(F)ccc1C)c1snnc1C(C)C. The highest BCUT2D eigenvalue weighted by Gasteiger charge is 2.23. The number of hydrogen-bond acceptors (Lipinski definition) is 4. The summed E-state index contributed by atoms with van der Waals surface area (Å²) in [5.41, 5.74) is 2.98. The lowest BCUT2D eigenvalue weighted by Crippen LogP contribution is -2.19. The number of rotatable bonds is 4. The fourth-order valence-corrected chi connectivity index (χ4v) is 3.09. The molecule has 3 nitrogen and oxygen atoms in total. The Morgan fingerprint density at radius 3 is 2.68 bits per heavy atom. The molecule has 0 aliphatic rings. The number of aromatic nitrogens is 2. The van der Waals surface area contributed by atoms with Crippen molar-refractivity contribution in [2.75, 3.05) is 7.05 Å². The Morgan fingerprint density at radius 2 is 2.05 bits per heavy atom. The van der Waals surface area contributed by atoms with Crippen molar-refractivity contribution in [3.63, 3.8) is 0 Å². The largest absolute Gasteiger partial charge is 0.309 e. The number of nitrogens with one attached hydrogen (secondary N) is 1. The second kappa shape index (κ2) is 5.75. The van der Waals surface area contributed by atoms with Gasteiger partial charge in [0, 0.05) is 0 Å². The Bertz CT molecular complexity index is 566. The van der Waals surface area contributed by atoms with Crippen molar-refractivity contribution in [2.45, 2.75) is 32.7 Å². The van der Waals surface area contributed by atoms with Crippen LogP contribution in [0.15, 0.2) is 18.2 Å². The van der Waals surface area contributed by atoms with Gasteiger partial charge in [0.15, 0.2) is 0 Å². The second-order valence-corrected chi connectivity index (χ2v) is 5.69. The van der Waals surface area contributed by atoms with Gasteiger partial charge in [0.05, 0.1) is 16.6 Å². The summed E-state index contributed by atoms with van der Waals surface area (Å²) in [5, 5.41) is 7.44. The Labute approximate surface area is 117 Å². The second-order valence-electron chi connectivity index (χ2n) is 4.90. The average molecular weight is 279 g/mol. The summed E-state index contributed by atoms with van der Waals surface area (Å²) in [4.78, 5) is 1.06. The van der Waals surface area contributed by atoms with Crippen LogP contribution >= 0.6 is 11.5 Å². The van der Waals surface area contributed by atoms with Crippen LogP contribution in [0.3, 0.4) is 0 Å². The highest BCUT2D eigenvalue weighted by Crippen LogP contribution is 2.32. The molecule has 5 heteroatoms. The van der Waals surface area contributed by atoms with Crippen LogP contribution in [0, 0.1) is 12.7 Å². The van der Waals surface area contributed by atoms with E-state index in [0.29, 0.717) is 5.92 Å². The van der Waals surface area contributed by atoms with E-state index in [1.807, 2.05) is 14.0 Å². The molecule has 0 saturated heterocycles. The quantitative estimate of drug-likeness (QED) is 0.932. The lowest BCUT2D eigenvalue weighted by Gasteiger charge is -2.19. The fourth-order valence-electron chi connectivity index (χ4n) is 2.16. The van der Waals surface area contributed by atoms with Gasteiger partial charge in [-0.2, -0.15) is 0 Å². The maximum Gasteiger partial charge on any atom is 0.123 e. The first-order valence-electron chi connectivity index (χ1n) is 6.30. The molecule has 1 aromatic carbocycles. The zero-order valence-electron chi connectivity index (χ0n) is 11.6. The number of hydrogen-bond donors (Lipinski definition) is 1. The number of benzene rings is 1. The molecule has 2 rings (SSSR count). The van der Waals surface area contributed by atoms with Crippen molar-refractivity contribution in [3.8, 4) is 0 Å². The normalized spacial score (nSPS) is 12.9. The van der Waals surface area contributed by atoms with Gasteiger partial charge in [-0.15, -0.1) is 5.10 Å². The Hall–Kier alpha value is -1.33. The summed E-state index contributed by atoms with van der Waals surface area (Å²) < 4.78 is 17.5. The zero-order valence-corrected chi connectivity index (χ0v) is 12.4. The summed E-state index contributed by atoms with van der Waals surface area (Å²) in [6.45, 7) is 6.17. The van der Waals surface area contributed by atoms with E-state index in [4.69, 9.17) is 0 Å². The van der Waals surface area contributed by atoms with Gasteiger partial charge in [-0.3, -0.25) is 0 Å². The predicted molar refractivity (Wildman–Crippen MR) is 76.0 cm³/mol. The molecule has 0 radical (unpaired) electrons. The third kappa shape index (κ3) is 2.82.